The van der Waals surface area contributed by atoms with Gasteiger partial charge in [0, 0.05) is 7.11 Å². The zero-order valence-corrected chi connectivity index (χ0v) is 21.3. The minimum atomic E-state index is -5.41. The maximum absolute atomic E-state index is 11.6. The Kier molecular flexibility index (Phi) is 10.8. The molecule has 0 aromatic heterocycles. The third-order valence-electron chi connectivity index (χ3n) is 5.06. The molecule has 222 valence electrons. The van der Waals surface area contributed by atoms with Crippen molar-refractivity contribution in [1.82, 2.24) is 4.72 Å². The Morgan fingerprint density at radius 3 is 1.97 bits per heavy atom. The van der Waals surface area contributed by atoms with Gasteiger partial charge in [-0.3, -0.25) is 13.7 Å². The average Bonchev–Trinajstić information content (AvgIpc) is 2.75. The van der Waals surface area contributed by atoms with Gasteiger partial charge in [-0.1, -0.05) is 0 Å². The highest BCUT2D eigenvalue weighted by molar-refractivity contribution is 7.83. The number of ether oxygens (including phenoxy) is 5. The Balaban J connectivity index is 2.52. The van der Waals surface area contributed by atoms with Gasteiger partial charge in [-0.2, -0.15) is 34.7 Å². The fourth-order valence-electron chi connectivity index (χ4n) is 3.61. The number of methoxy groups -OCH3 is 1. The molecular formula is C14H24NO20S3+. The topological polar surface area (TPSA) is 318 Å². The van der Waals surface area contributed by atoms with Crippen LogP contribution < -0.4 is 4.72 Å². The zero-order chi connectivity index (χ0) is 29.2. The maximum Gasteiger partial charge on any atom is 0.397 e. The molecule has 24 heteroatoms. The van der Waals surface area contributed by atoms with Crippen LogP contribution in [0.1, 0.15) is 0 Å². The van der Waals surface area contributed by atoms with Crippen LogP contribution in [0, 0.1) is 7.11 Å². The van der Waals surface area contributed by atoms with E-state index in [0.717, 1.165) is 7.11 Å². The molecule has 0 radical (unpaired) electrons. The van der Waals surface area contributed by atoms with Crippen molar-refractivity contribution >= 4 is 37.1 Å². The van der Waals surface area contributed by atoms with E-state index in [4.69, 9.17) is 32.6 Å². The van der Waals surface area contributed by atoms with Gasteiger partial charge in [-0.15, -0.1) is 0 Å². The van der Waals surface area contributed by atoms with Crippen LogP contribution in [0.3, 0.4) is 0 Å². The highest BCUT2D eigenvalue weighted by atomic mass is 32.3. The van der Waals surface area contributed by atoms with E-state index in [0.29, 0.717) is 0 Å². The van der Waals surface area contributed by atoms with E-state index in [9.17, 15) is 45.4 Å². The summed E-state index contributed by atoms with van der Waals surface area (Å²) in [5, 5.41) is 30.7. The molecule has 7 N–H and O–H groups in total. The summed E-state index contributed by atoms with van der Waals surface area (Å²) in [6, 6.07) is -1.99. The van der Waals surface area contributed by atoms with E-state index in [1.54, 1.807) is 0 Å². The van der Waals surface area contributed by atoms with Gasteiger partial charge < -0.3 is 34.3 Å². The third-order valence-corrected chi connectivity index (χ3v) is 6.53. The van der Waals surface area contributed by atoms with Crippen LogP contribution in [0.15, 0.2) is 0 Å². The first kappa shape index (κ1) is 32.9. The second-order valence-electron chi connectivity index (χ2n) is 7.57. The molecule has 2 aliphatic heterocycles. The quantitative estimate of drug-likeness (QED) is 0.0793. The van der Waals surface area contributed by atoms with E-state index in [1.165, 1.54) is 4.72 Å². The first-order chi connectivity index (χ1) is 17.3. The lowest BCUT2D eigenvalue weighted by atomic mass is 9.96. The molecule has 0 aromatic rings. The van der Waals surface area contributed by atoms with Crippen molar-refractivity contribution in [3.63, 3.8) is 0 Å². The SMILES string of the molecule is [CH2+]O[C@H]1O[C@H](COS(=O)(=O)O)C(OC2O[C@H](C(=O)O)C(OC)[C@H](O)C2OS(=O)(=O)O)[C@H](O)C1NS(=O)(=O)O. The van der Waals surface area contributed by atoms with Crippen LogP contribution in [0.25, 0.3) is 0 Å². The number of aliphatic hydroxyl groups is 2. The molecule has 0 aromatic carbocycles. The standard InChI is InChI=1S/C14H23NO20S3/c1-29-9-7(17)10(35-38(26,27)28)14(34-11(9)12(18)19)33-8-4(3-31-37(23,24)25)32-13(30-2)5(6(8)16)15-36(20,21)22/h4-11,13-17H,2-3H2,1H3,(H3-,18,19,20,21,22,23,24,25,26,27,28)/p+1/t4-,5?,6-,7+,8?,9?,10?,11+,13+,14?/m1/s1. The highest BCUT2D eigenvalue weighted by Crippen LogP contribution is 2.32. The molecule has 0 bridgehead atoms. The molecule has 0 aliphatic carbocycles. The van der Waals surface area contributed by atoms with Gasteiger partial charge in [0.25, 0.3) is 0 Å². The molecule has 2 heterocycles. The lowest BCUT2D eigenvalue weighted by molar-refractivity contribution is -0.338. The molecule has 5 unspecified atom stereocenters. The molecule has 0 saturated carbocycles. The summed E-state index contributed by atoms with van der Waals surface area (Å²) in [7, 11) is -11.8. The minimum absolute atomic E-state index is 0.908. The number of nitrogens with one attached hydrogen (secondary N) is 1. The molecule has 0 amide bonds. The van der Waals surface area contributed by atoms with Crippen LogP contribution in [0.5, 0.6) is 0 Å². The first-order valence-corrected chi connectivity index (χ1v) is 14.0. The fraction of sp³-hybridized carbons (Fsp3) is 0.857. The number of aliphatic carboxylic acids is 1. The maximum atomic E-state index is 11.6. The summed E-state index contributed by atoms with van der Waals surface area (Å²) in [5.74, 6) is -1.78. The average molecular weight is 623 g/mol. The van der Waals surface area contributed by atoms with E-state index < -0.39 is 105 Å². The van der Waals surface area contributed by atoms with Gasteiger partial charge in [0.15, 0.2) is 18.5 Å². The van der Waals surface area contributed by atoms with Crippen LogP contribution in [0.4, 0.5) is 0 Å². The number of carboxylic acid groups (broad SMARTS) is 1. The van der Waals surface area contributed by atoms with Crippen LogP contribution >= 0.6 is 0 Å². The molecule has 10 atom stereocenters. The van der Waals surface area contributed by atoms with Gasteiger partial charge in [0.1, 0.15) is 36.6 Å². The molecular weight excluding hydrogens is 598 g/mol. The lowest BCUT2D eigenvalue weighted by Gasteiger charge is -2.46. The summed E-state index contributed by atoms with van der Waals surface area (Å²) in [6.07, 6.45) is -19.0. The molecule has 0 spiro atoms. The highest BCUT2D eigenvalue weighted by Gasteiger charge is 2.55. The fourth-order valence-corrected chi connectivity index (χ4v) is 5.00. The minimum Gasteiger partial charge on any atom is -0.479 e. The Bertz CT molecular complexity index is 1140. The van der Waals surface area contributed by atoms with Crippen molar-refractivity contribution in [2.45, 2.75) is 61.3 Å². The molecule has 2 fully saturated rings. The Morgan fingerprint density at radius 2 is 1.53 bits per heavy atom. The van der Waals surface area contributed by atoms with E-state index in [1.807, 2.05) is 0 Å². The zero-order valence-electron chi connectivity index (χ0n) is 18.8. The third kappa shape index (κ3) is 8.84. The largest absolute Gasteiger partial charge is 0.479 e. The number of carboxylic acids is 1. The molecule has 38 heavy (non-hydrogen) atoms. The van der Waals surface area contributed by atoms with E-state index in [-0.39, 0.29) is 0 Å². The van der Waals surface area contributed by atoms with Crippen molar-refractivity contribution < 1.29 is 91.1 Å². The Labute approximate surface area is 215 Å². The van der Waals surface area contributed by atoms with Crippen molar-refractivity contribution in [3.05, 3.63) is 7.11 Å². The summed E-state index contributed by atoms with van der Waals surface area (Å²) in [5.41, 5.74) is 0. The van der Waals surface area contributed by atoms with Gasteiger partial charge in [-0.25, -0.2) is 13.2 Å². The molecule has 2 saturated heterocycles. The molecule has 2 rings (SSSR count). The predicted octanol–water partition coefficient (Wildman–Crippen LogP) is -4.78. The number of hydrogen-bond donors (Lipinski definition) is 7. The van der Waals surface area contributed by atoms with Crippen LogP contribution in [0.2, 0.25) is 0 Å². The predicted molar refractivity (Wildman–Crippen MR) is 111 cm³/mol. The van der Waals surface area contributed by atoms with Gasteiger partial charge >= 0.3 is 37.1 Å². The van der Waals surface area contributed by atoms with Crippen molar-refractivity contribution in [2.24, 2.45) is 0 Å². The number of rotatable bonds is 12. The van der Waals surface area contributed by atoms with Crippen molar-refractivity contribution in [1.29, 1.82) is 0 Å². The molecule has 21 nitrogen and oxygen atoms in total. The van der Waals surface area contributed by atoms with E-state index in [2.05, 4.69) is 20.2 Å². The van der Waals surface area contributed by atoms with Crippen LogP contribution in [-0.4, -0.2) is 135 Å². The smallest absolute Gasteiger partial charge is 0.397 e. The van der Waals surface area contributed by atoms with Crippen molar-refractivity contribution in [2.75, 3.05) is 13.7 Å². The normalized spacial score (nSPS) is 37.1. The summed E-state index contributed by atoms with van der Waals surface area (Å²) in [6.45, 7) is -1.21. The Hall–Kier alpha value is -1.33. The van der Waals surface area contributed by atoms with Gasteiger partial charge in [0.2, 0.25) is 13.4 Å². The second-order valence-corrected chi connectivity index (χ2v) is 10.9. The number of carbonyl (C=O) groups is 1. The Morgan fingerprint density at radius 1 is 0.921 bits per heavy atom. The van der Waals surface area contributed by atoms with Gasteiger partial charge in [0.05, 0.1) is 6.61 Å². The summed E-state index contributed by atoms with van der Waals surface area (Å²) in [4.78, 5) is 11.6. The van der Waals surface area contributed by atoms with Gasteiger partial charge in [-0.05, 0) is 0 Å². The summed E-state index contributed by atoms with van der Waals surface area (Å²) >= 11 is 0. The first-order valence-electron chi connectivity index (χ1n) is 9.79. The second kappa shape index (κ2) is 12.5. The number of aliphatic hydroxyl groups excluding tert-OH is 2. The van der Waals surface area contributed by atoms with Crippen molar-refractivity contribution in [3.8, 4) is 0 Å². The lowest BCUT2D eigenvalue weighted by Crippen LogP contribution is -2.68. The monoisotopic (exact) mass is 622 g/mol. The summed E-state index contributed by atoms with van der Waals surface area (Å²) < 4.78 is 130. The van der Waals surface area contributed by atoms with E-state index >= 15 is 0 Å². The molecule has 2 aliphatic rings. The van der Waals surface area contributed by atoms with Crippen LogP contribution in [-0.2, 0) is 67.9 Å². The number of hydrogen-bond acceptors (Lipinski definition) is 16.